The summed E-state index contributed by atoms with van der Waals surface area (Å²) in [5, 5.41) is -0.0465. The van der Waals surface area contributed by atoms with E-state index in [2.05, 4.69) is 35.5 Å². The minimum absolute atomic E-state index is 0.0465. The first-order valence-corrected chi connectivity index (χ1v) is 4.84. The number of ether oxygens (including phenoxy) is 1. The molecule has 0 unspecified atom stereocenters. The van der Waals surface area contributed by atoms with Crippen LogP contribution in [-0.4, -0.2) is 12.0 Å². The zero-order chi connectivity index (χ0) is 10.9. The van der Waals surface area contributed by atoms with E-state index in [0.717, 1.165) is 0 Å². The Kier molecular flexibility index (Phi) is 5.03. The van der Waals surface area contributed by atoms with Gasteiger partial charge in [-0.25, -0.2) is 0 Å². The van der Waals surface area contributed by atoms with Crippen molar-refractivity contribution < 1.29 is 4.74 Å². The lowest BCUT2D eigenvalue weighted by Gasteiger charge is -2.13. The van der Waals surface area contributed by atoms with Crippen LogP contribution in [0.5, 0.6) is 0 Å². The Morgan fingerprint density at radius 1 is 1.40 bits per heavy atom. The molecule has 1 atom stereocenters. The number of hydrogen-bond donors (Lipinski definition) is 0. The fourth-order valence-electron chi connectivity index (χ4n) is 0.837. The molecule has 0 bridgehead atoms. The van der Waals surface area contributed by atoms with Crippen molar-refractivity contribution in [2.45, 2.75) is 12.3 Å². The van der Waals surface area contributed by atoms with Crippen LogP contribution in [0, 0.1) is 35.5 Å². The monoisotopic (exact) mass is 216 g/mol. The molecule has 1 heterocycles. The Balaban J connectivity index is 2.54. The molecule has 1 rings (SSSR count). The number of alkyl halides is 1. The second-order valence-electron chi connectivity index (χ2n) is 2.63. The molecule has 0 aromatic carbocycles. The van der Waals surface area contributed by atoms with Crippen molar-refractivity contribution in [3.63, 3.8) is 0 Å². The van der Waals surface area contributed by atoms with Crippen LogP contribution in [0.3, 0.4) is 0 Å². The van der Waals surface area contributed by atoms with Crippen LogP contribution in [0.4, 0.5) is 0 Å². The molecule has 0 aromatic heterocycles. The van der Waals surface area contributed by atoms with E-state index in [-0.39, 0.29) is 5.38 Å². The minimum Gasteiger partial charge on any atom is -0.491 e. The predicted octanol–water partition coefficient (Wildman–Crippen LogP) is 2.09. The summed E-state index contributed by atoms with van der Waals surface area (Å²) in [4.78, 5) is 0. The minimum atomic E-state index is -0.0465. The quantitative estimate of drug-likeness (QED) is 0.445. The van der Waals surface area contributed by atoms with E-state index in [1.54, 1.807) is 19.1 Å². The van der Waals surface area contributed by atoms with Gasteiger partial charge in [0.2, 0.25) is 0 Å². The molecule has 0 aromatic rings. The molecule has 0 N–H and O–H groups in total. The van der Waals surface area contributed by atoms with Crippen LogP contribution in [-0.2, 0) is 4.74 Å². The van der Waals surface area contributed by atoms with Crippen LogP contribution in [0.1, 0.15) is 6.92 Å². The highest BCUT2D eigenvalue weighted by Crippen LogP contribution is 2.11. The lowest BCUT2D eigenvalue weighted by atomic mass is 10.3. The zero-order valence-electron chi connectivity index (χ0n) is 8.30. The summed E-state index contributed by atoms with van der Waals surface area (Å²) in [5.74, 6) is 16.5. The van der Waals surface area contributed by atoms with Crippen molar-refractivity contribution in [2.24, 2.45) is 0 Å². The first-order valence-electron chi connectivity index (χ1n) is 4.40. The molecule has 0 saturated carbocycles. The van der Waals surface area contributed by atoms with Crippen molar-refractivity contribution in [1.29, 1.82) is 0 Å². The summed E-state index contributed by atoms with van der Waals surface area (Å²) >= 11 is 5.79. The maximum absolute atomic E-state index is 5.79. The van der Waals surface area contributed by atoms with Gasteiger partial charge in [-0.15, -0.1) is 11.6 Å². The van der Waals surface area contributed by atoms with Gasteiger partial charge >= 0.3 is 0 Å². The second-order valence-corrected chi connectivity index (χ2v) is 3.19. The summed E-state index contributed by atoms with van der Waals surface area (Å²) < 4.78 is 5.28. The van der Waals surface area contributed by atoms with Gasteiger partial charge < -0.3 is 4.74 Å². The van der Waals surface area contributed by atoms with Gasteiger partial charge in [0.05, 0.1) is 5.38 Å². The highest BCUT2D eigenvalue weighted by molar-refractivity contribution is 6.22. The second kappa shape index (κ2) is 6.67. The smallest absolute Gasteiger partial charge is 0.127 e. The maximum Gasteiger partial charge on any atom is 0.127 e. The van der Waals surface area contributed by atoms with Gasteiger partial charge in [-0.3, -0.25) is 0 Å². The third-order valence-corrected chi connectivity index (χ3v) is 1.75. The van der Waals surface area contributed by atoms with E-state index in [1.165, 1.54) is 0 Å². The predicted molar refractivity (Wildman–Crippen MR) is 61.8 cm³/mol. The summed E-state index contributed by atoms with van der Waals surface area (Å²) in [6, 6.07) is 0. The Morgan fingerprint density at radius 2 is 2.20 bits per heavy atom. The Bertz CT molecular complexity index is 452. The largest absolute Gasteiger partial charge is 0.491 e. The molecule has 0 fully saturated rings. The number of hydrogen-bond acceptors (Lipinski definition) is 1. The lowest BCUT2D eigenvalue weighted by molar-refractivity contribution is 0.224. The van der Waals surface area contributed by atoms with E-state index in [0.29, 0.717) is 12.4 Å². The van der Waals surface area contributed by atoms with Gasteiger partial charge in [-0.05, 0) is 36.7 Å². The van der Waals surface area contributed by atoms with Gasteiger partial charge in [0.15, 0.2) is 0 Å². The van der Waals surface area contributed by atoms with E-state index in [9.17, 15) is 0 Å². The Morgan fingerprint density at radius 3 is 2.87 bits per heavy atom. The molecule has 0 amide bonds. The highest BCUT2D eigenvalue weighted by atomic mass is 35.5. The van der Waals surface area contributed by atoms with Crippen molar-refractivity contribution in [3.05, 3.63) is 24.0 Å². The van der Waals surface area contributed by atoms with Crippen molar-refractivity contribution >= 4 is 11.6 Å². The Hall–Kier alpha value is -1.75. The molecule has 1 nitrogen and oxygen atoms in total. The van der Waals surface area contributed by atoms with Crippen molar-refractivity contribution in [1.82, 2.24) is 0 Å². The van der Waals surface area contributed by atoms with Gasteiger partial charge in [0.1, 0.15) is 12.4 Å². The maximum atomic E-state index is 5.79. The topological polar surface area (TPSA) is 9.23 Å². The molecule has 0 aliphatic carbocycles. The SMILES string of the molecule is CC#CC#CC#CC=C1C=C[C@@H](Cl)CO1. The molecule has 1 aliphatic rings. The van der Waals surface area contributed by atoms with E-state index in [4.69, 9.17) is 16.3 Å². The molecular weight excluding hydrogens is 208 g/mol. The third kappa shape index (κ3) is 4.87. The van der Waals surface area contributed by atoms with Crippen LogP contribution in [0.25, 0.3) is 0 Å². The Labute approximate surface area is 95.1 Å². The van der Waals surface area contributed by atoms with E-state index < -0.39 is 0 Å². The summed E-state index contributed by atoms with van der Waals surface area (Å²) in [6.45, 7) is 2.21. The lowest BCUT2D eigenvalue weighted by Crippen LogP contribution is -2.09. The van der Waals surface area contributed by atoms with Crippen LogP contribution in [0.15, 0.2) is 24.0 Å². The third-order valence-electron chi connectivity index (χ3n) is 1.48. The first-order chi connectivity index (χ1) is 7.33. The molecule has 0 spiro atoms. The average Bonchev–Trinajstić information content (AvgIpc) is 2.26. The fourth-order valence-corrected chi connectivity index (χ4v) is 0.973. The summed E-state index contributed by atoms with van der Waals surface area (Å²) in [5.41, 5.74) is 0. The van der Waals surface area contributed by atoms with Crippen LogP contribution < -0.4 is 0 Å². The van der Waals surface area contributed by atoms with E-state index in [1.807, 2.05) is 6.08 Å². The van der Waals surface area contributed by atoms with Crippen molar-refractivity contribution in [2.75, 3.05) is 6.61 Å². The first kappa shape index (κ1) is 11.3. The normalized spacial score (nSPS) is 19.9. The van der Waals surface area contributed by atoms with Gasteiger partial charge in [0, 0.05) is 6.08 Å². The summed E-state index contributed by atoms with van der Waals surface area (Å²) in [7, 11) is 0. The molecule has 2 heteroatoms. The molecule has 0 saturated heterocycles. The van der Waals surface area contributed by atoms with Crippen LogP contribution in [0.2, 0.25) is 0 Å². The van der Waals surface area contributed by atoms with E-state index >= 15 is 0 Å². The number of rotatable bonds is 0. The summed E-state index contributed by atoms with van der Waals surface area (Å²) in [6.07, 6.45) is 5.33. The molecule has 0 radical (unpaired) electrons. The average molecular weight is 217 g/mol. The zero-order valence-corrected chi connectivity index (χ0v) is 9.06. The van der Waals surface area contributed by atoms with Gasteiger partial charge in [-0.2, -0.15) is 0 Å². The fraction of sp³-hybridized carbons (Fsp3) is 0.231. The molecule has 74 valence electrons. The van der Waals surface area contributed by atoms with Gasteiger partial charge in [-0.1, -0.05) is 17.9 Å². The van der Waals surface area contributed by atoms with Crippen molar-refractivity contribution in [3.8, 4) is 35.5 Å². The molecular formula is C13H9ClO. The molecule has 1 aliphatic heterocycles. The number of allylic oxidation sites excluding steroid dienone is 2. The van der Waals surface area contributed by atoms with Crippen LogP contribution >= 0.6 is 11.6 Å². The van der Waals surface area contributed by atoms with Gasteiger partial charge in [0.25, 0.3) is 0 Å². The highest BCUT2D eigenvalue weighted by Gasteiger charge is 2.06. The standard InChI is InChI=1S/C13H9ClO/c1-2-3-4-5-6-7-8-13-10-9-12(14)11-15-13/h8-10,12H,11H2,1H3/t12-/m1/s1. The number of halogens is 1. The molecule has 15 heavy (non-hydrogen) atoms.